The molecule has 17 heavy (non-hydrogen) atoms. The normalized spacial score (nSPS) is 20.5. The van der Waals surface area contributed by atoms with Gasteiger partial charge in [-0.05, 0) is 26.1 Å². The number of likely N-dealkylation sites (N-methyl/N-ethyl adjacent to an activating group) is 1. The number of hydrogen-bond acceptors (Lipinski definition) is 4. The maximum absolute atomic E-state index is 11.8. The monoisotopic (exact) mass is 236 g/mol. The highest BCUT2D eigenvalue weighted by Gasteiger charge is 2.22. The number of likely N-dealkylation sites (tertiary alicyclic amines) is 1. The molecule has 0 amide bonds. The Morgan fingerprint density at radius 1 is 1.47 bits per heavy atom. The van der Waals surface area contributed by atoms with Crippen molar-refractivity contribution < 1.29 is 9.53 Å². The molecular formula is C12H16N2O3. The Morgan fingerprint density at radius 3 is 2.82 bits per heavy atom. The third-order valence-electron chi connectivity index (χ3n) is 3.12. The van der Waals surface area contributed by atoms with Crippen LogP contribution in [0.25, 0.3) is 0 Å². The summed E-state index contributed by atoms with van der Waals surface area (Å²) in [5.74, 6) is -0.412. The molecule has 1 aliphatic rings. The van der Waals surface area contributed by atoms with Crippen molar-refractivity contribution in [3.8, 4) is 0 Å². The summed E-state index contributed by atoms with van der Waals surface area (Å²) in [6, 6.07) is 3.07. The van der Waals surface area contributed by atoms with E-state index in [-0.39, 0.29) is 11.6 Å². The summed E-state index contributed by atoms with van der Waals surface area (Å²) in [4.78, 5) is 25.3. The van der Waals surface area contributed by atoms with Gasteiger partial charge in [0, 0.05) is 18.8 Å². The molecule has 5 heteroatoms. The van der Waals surface area contributed by atoms with E-state index in [0.29, 0.717) is 5.56 Å². The zero-order valence-corrected chi connectivity index (χ0v) is 10.0. The Balaban J connectivity index is 2.33. The SMILES string of the molecule is COC(=O)c1ccc(=O)n([C@H]2CCN(C)C2)c1. The van der Waals surface area contributed by atoms with Crippen LogP contribution in [0, 0.1) is 0 Å². The van der Waals surface area contributed by atoms with Crippen molar-refractivity contribution >= 4 is 5.97 Å². The average molecular weight is 236 g/mol. The molecule has 1 atom stereocenters. The van der Waals surface area contributed by atoms with Crippen molar-refractivity contribution in [1.82, 2.24) is 9.47 Å². The first-order valence-electron chi connectivity index (χ1n) is 5.61. The van der Waals surface area contributed by atoms with E-state index in [2.05, 4.69) is 9.64 Å². The minimum atomic E-state index is -0.412. The van der Waals surface area contributed by atoms with Gasteiger partial charge in [-0.2, -0.15) is 0 Å². The number of methoxy groups -OCH3 is 1. The van der Waals surface area contributed by atoms with Gasteiger partial charge in [0.05, 0.1) is 18.7 Å². The first-order chi connectivity index (χ1) is 8.11. The highest BCUT2D eigenvalue weighted by molar-refractivity contribution is 5.88. The van der Waals surface area contributed by atoms with E-state index >= 15 is 0 Å². The lowest BCUT2D eigenvalue weighted by Crippen LogP contribution is -2.26. The summed E-state index contributed by atoms with van der Waals surface area (Å²) in [7, 11) is 3.36. The molecular weight excluding hydrogens is 220 g/mol. The number of nitrogens with zero attached hydrogens (tertiary/aromatic N) is 2. The Bertz CT molecular complexity index is 481. The van der Waals surface area contributed by atoms with Crippen LogP contribution in [0.4, 0.5) is 0 Å². The van der Waals surface area contributed by atoms with Crippen molar-refractivity contribution in [3.05, 3.63) is 34.2 Å². The Hall–Kier alpha value is -1.62. The Kier molecular flexibility index (Phi) is 3.28. The largest absolute Gasteiger partial charge is 0.465 e. The number of rotatable bonds is 2. The van der Waals surface area contributed by atoms with Gasteiger partial charge in [-0.1, -0.05) is 0 Å². The summed E-state index contributed by atoms with van der Waals surface area (Å²) >= 11 is 0. The molecule has 1 aliphatic heterocycles. The molecule has 1 aromatic rings. The Labute approximate surface area is 99.6 Å². The van der Waals surface area contributed by atoms with Crippen LogP contribution < -0.4 is 5.56 Å². The third-order valence-corrected chi connectivity index (χ3v) is 3.12. The molecule has 92 valence electrons. The van der Waals surface area contributed by atoms with E-state index in [1.54, 1.807) is 10.8 Å². The van der Waals surface area contributed by atoms with Crippen LogP contribution in [-0.4, -0.2) is 42.7 Å². The lowest BCUT2D eigenvalue weighted by Gasteiger charge is -2.14. The molecule has 1 fully saturated rings. The predicted octanol–water partition coefficient (Wildman–Crippen LogP) is 0.511. The lowest BCUT2D eigenvalue weighted by molar-refractivity contribution is 0.0599. The van der Waals surface area contributed by atoms with Crippen LogP contribution in [-0.2, 0) is 4.74 Å². The molecule has 0 unspecified atom stereocenters. The second-order valence-electron chi connectivity index (χ2n) is 4.36. The van der Waals surface area contributed by atoms with Gasteiger partial charge in [0.2, 0.25) is 0 Å². The molecule has 0 aromatic carbocycles. The second kappa shape index (κ2) is 4.71. The summed E-state index contributed by atoms with van der Waals surface area (Å²) in [5, 5.41) is 0. The van der Waals surface area contributed by atoms with E-state index in [1.165, 1.54) is 19.2 Å². The summed E-state index contributed by atoms with van der Waals surface area (Å²) in [5.41, 5.74) is 0.347. The van der Waals surface area contributed by atoms with E-state index in [4.69, 9.17) is 0 Å². The molecule has 0 N–H and O–H groups in total. The summed E-state index contributed by atoms with van der Waals surface area (Å²) < 4.78 is 6.28. The van der Waals surface area contributed by atoms with Crippen molar-refractivity contribution in [2.75, 3.05) is 27.2 Å². The molecule has 2 rings (SSSR count). The second-order valence-corrected chi connectivity index (χ2v) is 4.36. The van der Waals surface area contributed by atoms with Gasteiger partial charge in [0.15, 0.2) is 0 Å². The molecule has 0 saturated carbocycles. The van der Waals surface area contributed by atoms with Crippen molar-refractivity contribution in [3.63, 3.8) is 0 Å². The standard InChI is InChI=1S/C12H16N2O3/c1-13-6-5-10(8-13)14-7-9(12(16)17-2)3-4-11(14)15/h3-4,7,10H,5-6,8H2,1-2H3/t10-/m0/s1. The van der Waals surface area contributed by atoms with Gasteiger partial charge in [0.25, 0.3) is 5.56 Å². The first-order valence-corrected chi connectivity index (χ1v) is 5.61. The van der Waals surface area contributed by atoms with E-state index in [0.717, 1.165) is 19.5 Å². The number of pyridine rings is 1. The van der Waals surface area contributed by atoms with Gasteiger partial charge in [-0.25, -0.2) is 4.79 Å². The predicted molar refractivity (Wildman–Crippen MR) is 63.2 cm³/mol. The number of aromatic nitrogens is 1. The first kappa shape index (κ1) is 11.9. The van der Waals surface area contributed by atoms with Gasteiger partial charge in [-0.15, -0.1) is 0 Å². The lowest BCUT2D eigenvalue weighted by atomic mass is 10.2. The quantitative estimate of drug-likeness (QED) is 0.702. The van der Waals surface area contributed by atoms with Crippen LogP contribution in [0.3, 0.4) is 0 Å². The van der Waals surface area contributed by atoms with Crippen molar-refractivity contribution in [2.24, 2.45) is 0 Å². The number of carbonyl (C=O) groups excluding carboxylic acids is 1. The highest BCUT2D eigenvalue weighted by atomic mass is 16.5. The van der Waals surface area contributed by atoms with Crippen LogP contribution in [0.5, 0.6) is 0 Å². The number of ether oxygens (including phenoxy) is 1. The van der Waals surface area contributed by atoms with Crippen molar-refractivity contribution in [1.29, 1.82) is 0 Å². The van der Waals surface area contributed by atoms with Crippen LogP contribution in [0.1, 0.15) is 22.8 Å². The fraction of sp³-hybridized carbons (Fsp3) is 0.500. The molecule has 2 heterocycles. The Morgan fingerprint density at radius 2 is 2.24 bits per heavy atom. The van der Waals surface area contributed by atoms with Crippen LogP contribution in [0.2, 0.25) is 0 Å². The zero-order chi connectivity index (χ0) is 12.4. The highest BCUT2D eigenvalue weighted by Crippen LogP contribution is 2.18. The maximum Gasteiger partial charge on any atom is 0.339 e. The van der Waals surface area contributed by atoms with Crippen LogP contribution >= 0.6 is 0 Å². The zero-order valence-electron chi connectivity index (χ0n) is 10.0. The molecule has 0 aliphatic carbocycles. The number of hydrogen-bond donors (Lipinski definition) is 0. The third kappa shape index (κ3) is 2.39. The number of carbonyl (C=O) groups is 1. The molecule has 1 aromatic heterocycles. The molecule has 0 spiro atoms. The van der Waals surface area contributed by atoms with Crippen molar-refractivity contribution in [2.45, 2.75) is 12.5 Å². The number of esters is 1. The topological polar surface area (TPSA) is 51.5 Å². The summed E-state index contributed by atoms with van der Waals surface area (Å²) in [6.07, 6.45) is 2.53. The molecule has 0 radical (unpaired) electrons. The molecule has 5 nitrogen and oxygen atoms in total. The van der Waals surface area contributed by atoms with Gasteiger partial charge >= 0.3 is 5.97 Å². The van der Waals surface area contributed by atoms with Gasteiger partial charge < -0.3 is 14.2 Å². The minimum Gasteiger partial charge on any atom is -0.465 e. The average Bonchev–Trinajstić information content (AvgIpc) is 2.75. The molecule has 0 bridgehead atoms. The van der Waals surface area contributed by atoms with E-state index in [9.17, 15) is 9.59 Å². The smallest absolute Gasteiger partial charge is 0.339 e. The maximum atomic E-state index is 11.8. The molecule has 1 saturated heterocycles. The summed E-state index contributed by atoms with van der Waals surface area (Å²) in [6.45, 7) is 1.81. The fourth-order valence-corrected chi connectivity index (χ4v) is 2.17. The van der Waals surface area contributed by atoms with Crippen LogP contribution in [0.15, 0.2) is 23.1 Å². The minimum absolute atomic E-state index is 0.0713. The van der Waals surface area contributed by atoms with Gasteiger partial charge in [0.1, 0.15) is 0 Å². The van der Waals surface area contributed by atoms with Gasteiger partial charge in [-0.3, -0.25) is 4.79 Å². The van der Waals surface area contributed by atoms with E-state index in [1.807, 2.05) is 7.05 Å². The fourth-order valence-electron chi connectivity index (χ4n) is 2.17. The van der Waals surface area contributed by atoms with E-state index < -0.39 is 5.97 Å².